The zero-order chi connectivity index (χ0) is 19.8. The molecule has 1 fully saturated rings. The summed E-state index contributed by atoms with van der Waals surface area (Å²) in [4.78, 5) is 41.9. The van der Waals surface area contributed by atoms with E-state index in [-0.39, 0.29) is 17.6 Å². The number of nitrogens with one attached hydrogen (secondary N) is 1. The zero-order valence-corrected chi connectivity index (χ0v) is 16.0. The fourth-order valence-corrected chi connectivity index (χ4v) is 2.97. The number of hydrogen-bond acceptors (Lipinski definition) is 5. The molecule has 0 radical (unpaired) electrons. The number of esters is 1. The number of pyridine rings is 1. The lowest BCUT2D eigenvalue weighted by Crippen LogP contribution is -2.28. The monoisotopic (exact) mass is 368 g/mol. The molecule has 1 aliphatic carbocycles. The Balaban J connectivity index is 2.09. The predicted octanol–water partition coefficient (Wildman–Crippen LogP) is 3.46. The molecule has 0 bridgehead atoms. The Hall–Kier alpha value is -2.76. The number of rotatable bonds is 5. The van der Waals surface area contributed by atoms with E-state index in [0.717, 1.165) is 12.8 Å². The second-order valence-corrected chi connectivity index (χ2v) is 7.94. The van der Waals surface area contributed by atoms with Gasteiger partial charge in [-0.3, -0.25) is 19.4 Å². The first-order valence-corrected chi connectivity index (χ1v) is 9.04. The number of methoxy groups -OCH3 is 1. The zero-order valence-electron chi connectivity index (χ0n) is 16.0. The molecule has 1 unspecified atom stereocenters. The van der Waals surface area contributed by atoms with Gasteiger partial charge in [-0.2, -0.15) is 0 Å². The van der Waals surface area contributed by atoms with Crippen molar-refractivity contribution in [1.29, 1.82) is 0 Å². The van der Waals surface area contributed by atoms with Gasteiger partial charge < -0.3 is 10.1 Å². The molecule has 27 heavy (non-hydrogen) atoms. The number of nitrogens with zero attached hydrogens (tertiary/aromatic N) is 1. The van der Waals surface area contributed by atoms with E-state index in [2.05, 4.69) is 10.3 Å². The first-order chi connectivity index (χ1) is 12.7. The van der Waals surface area contributed by atoms with E-state index < -0.39 is 17.3 Å². The summed E-state index contributed by atoms with van der Waals surface area (Å²) in [6.07, 6.45) is 3.24. The van der Waals surface area contributed by atoms with Gasteiger partial charge in [0.05, 0.1) is 18.3 Å². The topological polar surface area (TPSA) is 85.4 Å². The summed E-state index contributed by atoms with van der Waals surface area (Å²) < 4.78 is 4.90. The summed E-state index contributed by atoms with van der Waals surface area (Å²) in [7, 11) is 1.29. The van der Waals surface area contributed by atoms with Crippen molar-refractivity contribution in [2.24, 2.45) is 11.3 Å². The third-order valence-electron chi connectivity index (χ3n) is 4.74. The lowest BCUT2D eigenvalue weighted by Gasteiger charge is -2.20. The van der Waals surface area contributed by atoms with Gasteiger partial charge in [0.25, 0.3) is 0 Å². The number of amides is 1. The van der Waals surface area contributed by atoms with Crippen molar-refractivity contribution in [3.63, 3.8) is 0 Å². The van der Waals surface area contributed by atoms with E-state index >= 15 is 0 Å². The average Bonchev–Trinajstić information content (AvgIpc) is 3.47. The van der Waals surface area contributed by atoms with Crippen LogP contribution >= 0.6 is 0 Å². The number of benzene rings is 1. The maximum Gasteiger partial charge on any atom is 0.320 e. The molecule has 6 nitrogen and oxygen atoms in total. The highest BCUT2D eigenvalue weighted by Gasteiger charge is 2.40. The number of hydrogen-bond donors (Lipinski definition) is 1. The third kappa shape index (κ3) is 3.84. The van der Waals surface area contributed by atoms with Crippen LogP contribution in [0.3, 0.4) is 0 Å². The van der Waals surface area contributed by atoms with E-state index in [1.807, 2.05) is 20.8 Å². The molecule has 0 saturated heterocycles. The molecule has 1 N–H and O–H groups in total. The number of fused-ring (bicyclic) bond motifs is 1. The van der Waals surface area contributed by atoms with Crippen LogP contribution < -0.4 is 5.32 Å². The smallest absolute Gasteiger partial charge is 0.320 e. The molecule has 3 rings (SSSR count). The number of anilines is 1. The number of Topliss-reactive ketones (excluding diaryl/α,β-unsaturated/α-hetero) is 1. The molecule has 1 aliphatic rings. The first kappa shape index (κ1) is 19.0. The number of ketones is 1. The fraction of sp³-hybridized carbons (Fsp3) is 0.429. The minimum atomic E-state index is -0.971. The summed E-state index contributed by atoms with van der Waals surface area (Å²) >= 11 is 0. The quantitative estimate of drug-likeness (QED) is 0.645. The highest BCUT2D eigenvalue weighted by molar-refractivity contribution is 6.11. The number of aromatic nitrogens is 1. The summed E-state index contributed by atoms with van der Waals surface area (Å²) in [6.45, 7) is 5.48. The molecule has 1 heterocycles. The molecule has 2 aromatic rings. The van der Waals surface area contributed by atoms with Crippen molar-refractivity contribution in [1.82, 2.24) is 4.98 Å². The van der Waals surface area contributed by atoms with Gasteiger partial charge in [-0.05, 0) is 30.5 Å². The van der Waals surface area contributed by atoms with Crippen molar-refractivity contribution in [2.45, 2.75) is 39.5 Å². The Morgan fingerprint density at radius 1 is 1.19 bits per heavy atom. The maximum atomic E-state index is 12.8. The minimum absolute atomic E-state index is 0.0823. The lowest BCUT2D eigenvalue weighted by molar-refractivity contribution is -0.146. The van der Waals surface area contributed by atoms with E-state index in [0.29, 0.717) is 22.2 Å². The van der Waals surface area contributed by atoms with Crippen molar-refractivity contribution in [3.05, 3.63) is 36.0 Å². The predicted molar refractivity (Wildman–Crippen MR) is 102 cm³/mol. The average molecular weight is 368 g/mol. The highest BCUT2D eigenvalue weighted by Crippen LogP contribution is 2.39. The fourth-order valence-electron chi connectivity index (χ4n) is 2.97. The van der Waals surface area contributed by atoms with Crippen LogP contribution in [0.4, 0.5) is 5.69 Å². The molecular formula is C21H24N2O4. The number of carbonyl (C=O) groups excluding carboxylic acids is 3. The molecular weight excluding hydrogens is 344 g/mol. The van der Waals surface area contributed by atoms with Crippen molar-refractivity contribution < 1.29 is 19.1 Å². The summed E-state index contributed by atoms with van der Waals surface area (Å²) in [5.41, 5.74) is 1.11. The van der Waals surface area contributed by atoms with E-state index in [1.165, 1.54) is 7.11 Å². The lowest BCUT2D eigenvalue weighted by atomic mass is 9.88. The van der Waals surface area contributed by atoms with Gasteiger partial charge in [0, 0.05) is 22.9 Å². The SMILES string of the molecule is COC(=O)C(C(=O)C1CC1)c1ccc(NC(=O)C(C)(C)C)c2ncccc12. The molecule has 142 valence electrons. The first-order valence-electron chi connectivity index (χ1n) is 9.04. The van der Waals surface area contributed by atoms with Crippen LogP contribution in [0.2, 0.25) is 0 Å². The largest absolute Gasteiger partial charge is 0.468 e. The van der Waals surface area contributed by atoms with Crippen LogP contribution in [0, 0.1) is 11.3 Å². The Labute approximate surface area is 158 Å². The second kappa shape index (κ2) is 7.10. The van der Waals surface area contributed by atoms with Gasteiger partial charge in [-0.15, -0.1) is 0 Å². The molecule has 0 spiro atoms. The van der Waals surface area contributed by atoms with Crippen LogP contribution in [0.15, 0.2) is 30.5 Å². The molecule has 1 aromatic heterocycles. The van der Waals surface area contributed by atoms with Crippen LogP contribution in [-0.2, 0) is 19.1 Å². The molecule has 1 aromatic carbocycles. The van der Waals surface area contributed by atoms with E-state index in [9.17, 15) is 14.4 Å². The van der Waals surface area contributed by atoms with Gasteiger partial charge in [0.1, 0.15) is 5.92 Å². The number of carbonyl (C=O) groups is 3. The molecule has 0 aliphatic heterocycles. The van der Waals surface area contributed by atoms with Crippen molar-refractivity contribution >= 4 is 34.3 Å². The molecule has 6 heteroatoms. The summed E-state index contributed by atoms with van der Waals surface area (Å²) in [5, 5.41) is 3.56. The van der Waals surface area contributed by atoms with Gasteiger partial charge in [-0.25, -0.2) is 0 Å². The van der Waals surface area contributed by atoms with Crippen LogP contribution in [0.1, 0.15) is 45.1 Å². The molecule has 1 atom stereocenters. The molecule has 1 saturated carbocycles. The minimum Gasteiger partial charge on any atom is -0.468 e. The summed E-state index contributed by atoms with van der Waals surface area (Å²) in [6, 6.07) is 6.96. The van der Waals surface area contributed by atoms with E-state index in [1.54, 1.807) is 30.5 Å². The summed E-state index contributed by atoms with van der Waals surface area (Å²) in [5.74, 6) is -1.87. The Morgan fingerprint density at radius 2 is 1.89 bits per heavy atom. The maximum absolute atomic E-state index is 12.8. The van der Waals surface area contributed by atoms with Gasteiger partial charge >= 0.3 is 5.97 Å². The van der Waals surface area contributed by atoms with Gasteiger partial charge in [0.2, 0.25) is 5.91 Å². The Kier molecular flexibility index (Phi) is 5.00. The van der Waals surface area contributed by atoms with Gasteiger partial charge in [0.15, 0.2) is 5.78 Å². The number of ether oxygens (including phenoxy) is 1. The third-order valence-corrected chi connectivity index (χ3v) is 4.74. The van der Waals surface area contributed by atoms with Gasteiger partial charge in [-0.1, -0.05) is 32.9 Å². The Bertz CT molecular complexity index is 910. The highest BCUT2D eigenvalue weighted by atomic mass is 16.5. The van der Waals surface area contributed by atoms with Crippen molar-refractivity contribution in [3.8, 4) is 0 Å². The van der Waals surface area contributed by atoms with Crippen LogP contribution in [0.5, 0.6) is 0 Å². The van der Waals surface area contributed by atoms with E-state index in [4.69, 9.17) is 4.74 Å². The van der Waals surface area contributed by atoms with Crippen molar-refractivity contribution in [2.75, 3.05) is 12.4 Å². The second-order valence-electron chi connectivity index (χ2n) is 7.94. The van der Waals surface area contributed by atoms with Crippen LogP contribution in [-0.4, -0.2) is 29.8 Å². The standard InChI is InChI=1S/C21H24N2O4/c1-21(2,3)20(26)23-15-10-9-13(14-6-5-11-22-17(14)15)16(19(25)27-4)18(24)12-7-8-12/h5-6,9-12,16H,7-8H2,1-4H3,(H,23,26). The molecule has 1 amide bonds. The Morgan fingerprint density at radius 3 is 2.48 bits per heavy atom. The van der Waals surface area contributed by atoms with Crippen LogP contribution in [0.25, 0.3) is 10.9 Å². The normalized spacial score (nSPS) is 15.3.